The number of nitrogens with zero attached hydrogens (tertiary/aromatic N) is 2. The maximum absolute atomic E-state index is 12.1. The molecule has 1 N–H and O–H groups in total. The minimum atomic E-state index is -0.0820. The van der Waals surface area contributed by atoms with Gasteiger partial charge < -0.3 is 19.7 Å². The summed E-state index contributed by atoms with van der Waals surface area (Å²) in [6.07, 6.45) is 4.32. The number of ether oxygens (including phenoxy) is 2. The third kappa shape index (κ3) is 6.57. The zero-order valence-corrected chi connectivity index (χ0v) is 16.6. The number of pyridine rings is 1. The second-order valence-electron chi connectivity index (χ2n) is 6.34. The van der Waals surface area contributed by atoms with Gasteiger partial charge in [-0.25, -0.2) is 0 Å². The highest BCUT2D eigenvalue weighted by molar-refractivity contribution is 5.78. The normalized spacial score (nSPS) is 10.2. The van der Waals surface area contributed by atoms with Crippen LogP contribution in [0.15, 0.2) is 42.7 Å². The molecular formula is C21H27N3O4. The van der Waals surface area contributed by atoms with Gasteiger partial charge in [-0.05, 0) is 41.8 Å². The van der Waals surface area contributed by atoms with Gasteiger partial charge >= 0.3 is 0 Å². The van der Waals surface area contributed by atoms with Crippen molar-refractivity contribution in [2.75, 3.05) is 27.3 Å². The topological polar surface area (TPSA) is 80.8 Å². The van der Waals surface area contributed by atoms with Crippen LogP contribution in [0.1, 0.15) is 24.5 Å². The van der Waals surface area contributed by atoms with Gasteiger partial charge in [0.25, 0.3) is 0 Å². The van der Waals surface area contributed by atoms with E-state index in [1.165, 1.54) is 6.92 Å². The fourth-order valence-electron chi connectivity index (χ4n) is 2.76. The predicted octanol–water partition coefficient (Wildman–Crippen LogP) is 2.20. The van der Waals surface area contributed by atoms with Gasteiger partial charge in [0, 0.05) is 45.4 Å². The molecule has 1 aromatic carbocycles. The molecule has 1 heterocycles. The van der Waals surface area contributed by atoms with Crippen molar-refractivity contribution in [2.24, 2.45) is 0 Å². The minimum absolute atomic E-state index is 0.0602. The zero-order valence-electron chi connectivity index (χ0n) is 16.6. The van der Waals surface area contributed by atoms with Crippen LogP contribution in [-0.4, -0.2) is 49.0 Å². The van der Waals surface area contributed by atoms with E-state index in [1.807, 2.05) is 30.3 Å². The summed E-state index contributed by atoms with van der Waals surface area (Å²) in [6, 6.07) is 9.41. The number of amides is 2. The molecule has 0 saturated heterocycles. The Hall–Kier alpha value is -3.09. The second kappa shape index (κ2) is 10.9. The Labute approximate surface area is 165 Å². The van der Waals surface area contributed by atoms with Gasteiger partial charge in [0.1, 0.15) is 0 Å². The molecule has 2 rings (SSSR count). The van der Waals surface area contributed by atoms with Gasteiger partial charge in [-0.1, -0.05) is 6.07 Å². The number of carbonyl (C=O) groups is 2. The first-order valence-corrected chi connectivity index (χ1v) is 9.15. The van der Waals surface area contributed by atoms with E-state index >= 15 is 0 Å². The van der Waals surface area contributed by atoms with Gasteiger partial charge in [-0.15, -0.1) is 0 Å². The van der Waals surface area contributed by atoms with Crippen molar-refractivity contribution >= 4 is 11.8 Å². The van der Waals surface area contributed by atoms with Gasteiger partial charge in [-0.2, -0.15) is 0 Å². The molecule has 2 aromatic rings. The first-order chi connectivity index (χ1) is 13.5. The molecule has 28 heavy (non-hydrogen) atoms. The lowest BCUT2D eigenvalue weighted by Crippen LogP contribution is -2.34. The van der Waals surface area contributed by atoms with Crippen molar-refractivity contribution in [3.05, 3.63) is 53.9 Å². The largest absolute Gasteiger partial charge is 0.493 e. The summed E-state index contributed by atoms with van der Waals surface area (Å²) in [5, 5.41) is 2.90. The predicted molar refractivity (Wildman–Crippen MR) is 106 cm³/mol. The lowest BCUT2D eigenvalue weighted by atomic mass is 10.1. The SMILES string of the molecule is COc1ccc(CCNC(=O)CCN(Cc2ccncc2)C(C)=O)cc1OC. The number of rotatable bonds is 10. The monoisotopic (exact) mass is 385 g/mol. The fraction of sp³-hybridized carbons (Fsp3) is 0.381. The van der Waals surface area contributed by atoms with E-state index < -0.39 is 0 Å². The van der Waals surface area contributed by atoms with E-state index in [4.69, 9.17) is 9.47 Å². The van der Waals surface area contributed by atoms with Crippen molar-refractivity contribution in [1.82, 2.24) is 15.2 Å². The quantitative estimate of drug-likeness (QED) is 0.678. The molecule has 2 amide bonds. The van der Waals surface area contributed by atoms with Crippen LogP contribution in [0.4, 0.5) is 0 Å². The molecule has 0 aliphatic heterocycles. The fourth-order valence-corrected chi connectivity index (χ4v) is 2.76. The summed E-state index contributed by atoms with van der Waals surface area (Å²) in [4.78, 5) is 29.6. The summed E-state index contributed by atoms with van der Waals surface area (Å²) in [5.74, 6) is 1.20. The molecule has 0 fully saturated rings. The average molecular weight is 385 g/mol. The van der Waals surface area contributed by atoms with Crippen molar-refractivity contribution in [3.8, 4) is 11.5 Å². The number of methoxy groups -OCH3 is 2. The van der Waals surface area contributed by atoms with Crippen LogP contribution in [0.5, 0.6) is 11.5 Å². The van der Waals surface area contributed by atoms with Crippen LogP contribution < -0.4 is 14.8 Å². The van der Waals surface area contributed by atoms with Crippen LogP contribution >= 0.6 is 0 Å². The lowest BCUT2D eigenvalue weighted by molar-refractivity contribution is -0.130. The van der Waals surface area contributed by atoms with E-state index in [-0.39, 0.29) is 18.2 Å². The average Bonchev–Trinajstić information content (AvgIpc) is 2.71. The molecule has 1 aromatic heterocycles. The number of aromatic nitrogens is 1. The highest BCUT2D eigenvalue weighted by Gasteiger charge is 2.12. The van der Waals surface area contributed by atoms with Crippen LogP contribution in [-0.2, 0) is 22.6 Å². The third-order valence-electron chi connectivity index (χ3n) is 4.36. The molecular weight excluding hydrogens is 358 g/mol. The van der Waals surface area contributed by atoms with E-state index in [0.717, 1.165) is 11.1 Å². The molecule has 150 valence electrons. The van der Waals surface area contributed by atoms with Crippen LogP contribution in [0.2, 0.25) is 0 Å². The molecule has 0 aliphatic carbocycles. The Morgan fingerprint density at radius 1 is 1.04 bits per heavy atom. The van der Waals surface area contributed by atoms with E-state index in [1.54, 1.807) is 31.5 Å². The van der Waals surface area contributed by atoms with Crippen LogP contribution in [0.25, 0.3) is 0 Å². The molecule has 0 bridgehead atoms. The molecule has 0 radical (unpaired) electrons. The lowest BCUT2D eigenvalue weighted by Gasteiger charge is -2.20. The summed E-state index contributed by atoms with van der Waals surface area (Å²) < 4.78 is 10.5. The van der Waals surface area contributed by atoms with Gasteiger partial charge in [0.15, 0.2) is 11.5 Å². The molecule has 0 aliphatic rings. The zero-order chi connectivity index (χ0) is 20.4. The van der Waals surface area contributed by atoms with Gasteiger partial charge in [-0.3, -0.25) is 14.6 Å². The highest BCUT2D eigenvalue weighted by atomic mass is 16.5. The molecule has 0 saturated carbocycles. The van der Waals surface area contributed by atoms with Crippen LogP contribution in [0.3, 0.4) is 0 Å². The number of nitrogens with one attached hydrogen (secondary N) is 1. The number of hydrogen-bond donors (Lipinski definition) is 1. The maximum atomic E-state index is 12.1. The molecule has 0 atom stereocenters. The van der Waals surface area contributed by atoms with Gasteiger partial charge in [0.05, 0.1) is 14.2 Å². The Balaban J connectivity index is 1.77. The molecule has 0 unspecified atom stereocenters. The van der Waals surface area contributed by atoms with Crippen molar-refractivity contribution in [1.29, 1.82) is 0 Å². The Morgan fingerprint density at radius 2 is 1.75 bits per heavy atom. The van der Waals surface area contributed by atoms with Crippen molar-refractivity contribution in [3.63, 3.8) is 0 Å². The molecule has 7 nitrogen and oxygen atoms in total. The highest BCUT2D eigenvalue weighted by Crippen LogP contribution is 2.27. The van der Waals surface area contributed by atoms with Gasteiger partial charge in [0.2, 0.25) is 11.8 Å². The Morgan fingerprint density at radius 3 is 2.39 bits per heavy atom. The Bertz CT molecular complexity index is 780. The number of carbonyl (C=O) groups excluding carboxylic acids is 2. The number of hydrogen-bond acceptors (Lipinski definition) is 5. The number of benzene rings is 1. The smallest absolute Gasteiger partial charge is 0.221 e. The van der Waals surface area contributed by atoms with E-state index in [2.05, 4.69) is 10.3 Å². The van der Waals surface area contributed by atoms with Crippen molar-refractivity contribution in [2.45, 2.75) is 26.3 Å². The maximum Gasteiger partial charge on any atom is 0.221 e. The summed E-state index contributed by atoms with van der Waals surface area (Å²) in [5.41, 5.74) is 2.03. The summed E-state index contributed by atoms with van der Waals surface area (Å²) in [7, 11) is 3.19. The molecule has 0 spiro atoms. The third-order valence-corrected chi connectivity index (χ3v) is 4.36. The van der Waals surface area contributed by atoms with E-state index in [9.17, 15) is 9.59 Å². The van der Waals surface area contributed by atoms with E-state index in [0.29, 0.717) is 37.6 Å². The summed E-state index contributed by atoms with van der Waals surface area (Å²) >= 11 is 0. The Kier molecular flexibility index (Phi) is 8.27. The first-order valence-electron chi connectivity index (χ1n) is 9.15. The molecule has 7 heteroatoms. The minimum Gasteiger partial charge on any atom is -0.493 e. The first kappa shape index (κ1) is 21.2. The summed E-state index contributed by atoms with van der Waals surface area (Å²) in [6.45, 7) is 2.87. The van der Waals surface area contributed by atoms with Crippen LogP contribution in [0, 0.1) is 0 Å². The second-order valence-corrected chi connectivity index (χ2v) is 6.34. The van der Waals surface area contributed by atoms with Crippen molar-refractivity contribution < 1.29 is 19.1 Å². The standard InChI is InChI=1S/C21H27N3O4/c1-16(25)24(15-18-6-10-22-11-7-18)13-9-21(26)23-12-8-17-4-5-19(27-2)20(14-17)28-3/h4-7,10-11,14H,8-9,12-13,15H2,1-3H3,(H,23,26).